The number of aliphatic hydroxyl groups is 1. The molecule has 0 heterocycles. The minimum Gasteiger partial charge on any atom is -0.389 e. The number of hydrogen-bond acceptors (Lipinski definition) is 4. The molecule has 148 valence electrons. The van der Waals surface area contributed by atoms with Crippen LogP contribution in [0.5, 0.6) is 0 Å². The summed E-state index contributed by atoms with van der Waals surface area (Å²) in [5.74, 6) is 0.559. The van der Waals surface area contributed by atoms with Crippen LogP contribution in [-0.4, -0.2) is 36.5 Å². The van der Waals surface area contributed by atoms with Crippen LogP contribution in [0.25, 0.3) is 0 Å². The lowest BCUT2D eigenvalue weighted by atomic mass is 9.39. The molecule has 4 saturated carbocycles. The van der Waals surface area contributed by atoms with E-state index in [4.69, 9.17) is 9.47 Å². The molecule has 4 aliphatic rings. The molecule has 0 bridgehead atoms. The third-order valence-corrected chi connectivity index (χ3v) is 9.99. The monoisotopic (exact) mass is 364 g/mol. The van der Waals surface area contributed by atoms with Gasteiger partial charge >= 0.3 is 0 Å². The Morgan fingerprint density at radius 2 is 1.58 bits per heavy atom. The number of hydrogen-bond donors (Lipinski definition) is 1. The van der Waals surface area contributed by atoms with E-state index in [1.807, 2.05) is 6.92 Å². The standard InChI is InChI=1S/C22H36O4/c1-18-9-6-16-15(7-10-20(3)17(23)8-11-22(16,20)24)19(18,2)12-13-21(14-18,25-4)26-5/h15-16,24H,6-14H2,1-5H3/t15-,16-,18+,19-,20-,22-/m1/s1. The van der Waals surface area contributed by atoms with Crippen molar-refractivity contribution in [1.29, 1.82) is 0 Å². The molecule has 4 rings (SSSR count). The molecular formula is C22H36O4. The molecule has 0 saturated heterocycles. The van der Waals surface area contributed by atoms with Gasteiger partial charge in [0, 0.05) is 33.5 Å². The summed E-state index contributed by atoms with van der Waals surface area (Å²) in [4.78, 5) is 12.6. The summed E-state index contributed by atoms with van der Waals surface area (Å²) in [5.41, 5.74) is -1.01. The fraction of sp³-hybridized carbons (Fsp3) is 0.955. The molecule has 0 aliphatic heterocycles. The molecule has 4 fully saturated rings. The highest BCUT2D eigenvalue weighted by atomic mass is 16.7. The van der Waals surface area contributed by atoms with Gasteiger partial charge in [-0.15, -0.1) is 0 Å². The maximum atomic E-state index is 12.6. The molecule has 0 radical (unpaired) electrons. The number of methoxy groups -OCH3 is 2. The number of carbonyl (C=O) groups is 1. The Morgan fingerprint density at radius 1 is 0.923 bits per heavy atom. The van der Waals surface area contributed by atoms with Gasteiger partial charge in [-0.3, -0.25) is 4.79 Å². The topological polar surface area (TPSA) is 55.8 Å². The quantitative estimate of drug-likeness (QED) is 0.750. The zero-order valence-corrected chi connectivity index (χ0v) is 17.2. The Morgan fingerprint density at radius 3 is 2.23 bits per heavy atom. The first kappa shape index (κ1) is 18.9. The maximum absolute atomic E-state index is 12.6. The molecule has 0 spiro atoms. The van der Waals surface area contributed by atoms with Gasteiger partial charge in [-0.2, -0.15) is 0 Å². The summed E-state index contributed by atoms with van der Waals surface area (Å²) in [7, 11) is 3.53. The van der Waals surface area contributed by atoms with E-state index in [1.54, 1.807) is 14.2 Å². The fourth-order valence-electron chi connectivity index (χ4n) is 7.78. The summed E-state index contributed by atoms with van der Waals surface area (Å²) in [6.07, 6.45) is 8.10. The average Bonchev–Trinajstić information content (AvgIpc) is 2.86. The molecule has 0 aromatic carbocycles. The third kappa shape index (κ3) is 2.04. The predicted molar refractivity (Wildman–Crippen MR) is 99.6 cm³/mol. The van der Waals surface area contributed by atoms with Gasteiger partial charge in [0.25, 0.3) is 0 Å². The number of rotatable bonds is 2. The Hall–Kier alpha value is -0.450. The second-order valence-corrected chi connectivity index (χ2v) is 10.4. The van der Waals surface area contributed by atoms with Crippen molar-refractivity contribution in [1.82, 2.24) is 0 Å². The molecule has 0 amide bonds. The van der Waals surface area contributed by atoms with Crippen molar-refractivity contribution >= 4 is 5.78 Å². The van der Waals surface area contributed by atoms with Gasteiger partial charge in [0.1, 0.15) is 5.78 Å². The molecule has 0 aromatic rings. The SMILES string of the molecule is COC1(OC)CC[C@]2(C)[C@@H]3CC[C@]4(C)C(=O)CC[C@@]4(O)[C@@H]3CC[C@@]2(C)C1. The van der Waals surface area contributed by atoms with Crippen molar-refractivity contribution in [3.63, 3.8) is 0 Å². The van der Waals surface area contributed by atoms with Gasteiger partial charge in [0.15, 0.2) is 5.79 Å². The first-order valence-electron chi connectivity index (χ1n) is 10.5. The first-order valence-corrected chi connectivity index (χ1v) is 10.5. The second-order valence-electron chi connectivity index (χ2n) is 10.4. The van der Waals surface area contributed by atoms with E-state index in [0.29, 0.717) is 24.5 Å². The van der Waals surface area contributed by atoms with E-state index < -0.39 is 16.8 Å². The predicted octanol–water partition coefficient (Wildman–Crippen LogP) is 4.09. The normalized spacial score (nSPS) is 52.9. The fourth-order valence-corrected chi connectivity index (χ4v) is 7.78. The summed E-state index contributed by atoms with van der Waals surface area (Å²) in [6, 6.07) is 0. The van der Waals surface area contributed by atoms with Crippen LogP contribution in [-0.2, 0) is 14.3 Å². The zero-order chi connectivity index (χ0) is 19.0. The van der Waals surface area contributed by atoms with Crippen LogP contribution >= 0.6 is 0 Å². The van der Waals surface area contributed by atoms with Gasteiger partial charge in [-0.1, -0.05) is 13.8 Å². The van der Waals surface area contributed by atoms with E-state index in [9.17, 15) is 9.90 Å². The Bertz CT molecular complexity index is 613. The van der Waals surface area contributed by atoms with Crippen LogP contribution in [0.1, 0.15) is 78.6 Å². The van der Waals surface area contributed by atoms with Crippen LogP contribution in [0, 0.1) is 28.1 Å². The molecule has 1 N–H and O–H groups in total. The van der Waals surface area contributed by atoms with Crippen LogP contribution in [0.4, 0.5) is 0 Å². The lowest BCUT2D eigenvalue weighted by Gasteiger charge is -2.67. The summed E-state index contributed by atoms with van der Waals surface area (Å²) in [5, 5.41) is 11.7. The molecule has 6 atom stereocenters. The highest BCUT2D eigenvalue weighted by Gasteiger charge is 2.70. The molecule has 0 aromatic heterocycles. The number of carbonyl (C=O) groups excluding carboxylic acids is 1. The highest BCUT2D eigenvalue weighted by molar-refractivity contribution is 5.88. The lowest BCUT2D eigenvalue weighted by molar-refractivity contribution is -0.291. The summed E-state index contributed by atoms with van der Waals surface area (Å²) >= 11 is 0. The molecule has 4 aliphatic carbocycles. The van der Waals surface area contributed by atoms with E-state index in [2.05, 4.69) is 13.8 Å². The largest absolute Gasteiger partial charge is 0.389 e. The highest BCUT2D eigenvalue weighted by Crippen LogP contribution is 2.71. The van der Waals surface area contributed by atoms with E-state index in [1.165, 1.54) is 0 Å². The molecule has 26 heavy (non-hydrogen) atoms. The van der Waals surface area contributed by atoms with Crippen LogP contribution in [0.3, 0.4) is 0 Å². The number of Topliss-reactive ketones (excluding diaryl/α,β-unsaturated/α-hetero) is 1. The first-order chi connectivity index (χ1) is 12.1. The van der Waals surface area contributed by atoms with E-state index in [0.717, 1.165) is 44.9 Å². The van der Waals surface area contributed by atoms with Gasteiger partial charge in [-0.05, 0) is 68.1 Å². The second kappa shape index (κ2) is 5.55. The number of fused-ring (bicyclic) bond motifs is 5. The summed E-state index contributed by atoms with van der Waals surface area (Å²) < 4.78 is 11.7. The average molecular weight is 365 g/mol. The van der Waals surface area contributed by atoms with Crippen molar-refractivity contribution in [2.75, 3.05) is 14.2 Å². The molecule has 4 nitrogen and oxygen atoms in total. The van der Waals surface area contributed by atoms with E-state index >= 15 is 0 Å². The van der Waals surface area contributed by atoms with Crippen molar-refractivity contribution in [3.05, 3.63) is 0 Å². The number of ether oxygens (including phenoxy) is 2. The summed E-state index contributed by atoms with van der Waals surface area (Å²) in [6.45, 7) is 6.89. The van der Waals surface area contributed by atoms with Gasteiger partial charge < -0.3 is 14.6 Å². The Kier molecular flexibility index (Phi) is 4.03. The van der Waals surface area contributed by atoms with Crippen LogP contribution in [0.15, 0.2) is 0 Å². The Labute approximate surface area is 158 Å². The maximum Gasteiger partial charge on any atom is 0.168 e. The smallest absolute Gasteiger partial charge is 0.168 e. The van der Waals surface area contributed by atoms with Crippen molar-refractivity contribution in [2.45, 2.75) is 89.9 Å². The van der Waals surface area contributed by atoms with Crippen molar-refractivity contribution in [3.8, 4) is 0 Å². The molecule has 0 unspecified atom stereocenters. The van der Waals surface area contributed by atoms with Crippen molar-refractivity contribution in [2.24, 2.45) is 28.1 Å². The Balaban J connectivity index is 1.70. The minimum absolute atomic E-state index is 0.144. The lowest BCUT2D eigenvalue weighted by Crippen LogP contribution is -2.65. The zero-order valence-electron chi connectivity index (χ0n) is 17.2. The van der Waals surface area contributed by atoms with E-state index in [-0.39, 0.29) is 16.7 Å². The number of ketones is 1. The third-order valence-electron chi connectivity index (χ3n) is 9.99. The molecule has 4 heteroatoms. The van der Waals surface area contributed by atoms with Gasteiger partial charge in [-0.25, -0.2) is 0 Å². The van der Waals surface area contributed by atoms with Crippen LogP contribution in [0.2, 0.25) is 0 Å². The van der Waals surface area contributed by atoms with Crippen LogP contribution < -0.4 is 0 Å². The molecular weight excluding hydrogens is 328 g/mol. The van der Waals surface area contributed by atoms with Gasteiger partial charge in [0.2, 0.25) is 0 Å². The van der Waals surface area contributed by atoms with Crippen molar-refractivity contribution < 1.29 is 19.4 Å². The minimum atomic E-state index is -0.797. The van der Waals surface area contributed by atoms with Gasteiger partial charge in [0.05, 0.1) is 11.0 Å².